The molecule has 1 heterocycles. The standard InChI is InChI=1S/C17H15BrN2O3/c1-23-12-6-4-5-11(9-12)20-16(21)10-15(17(20)22)19-14-8-3-2-7-13(14)18/h2-9,15,19H,10H2,1H3/t15-/m0/s1. The molecule has 1 fully saturated rings. The number of nitrogens with zero attached hydrogens (tertiary/aromatic N) is 1. The molecule has 2 aromatic carbocycles. The van der Waals surface area contributed by atoms with Gasteiger partial charge >= 0.3 is 0 Å². The van der Waals surface area contributed by atoms with Gasteiger partial charge in [0.25, 0.3) is 5.91 Å². The highest BCUT2D eigenvalue weighted by Gasteiger charge is 2.39. The van der Waals surface area contributed by atoms with Crippen molar-refractivity contribution in [1.29, 1.82) is 0 Å². The van der Waals surface area contributed by atoms with Gasteiger partial charge in [-0.25, -0.2) is 4.90 Å². The van der Waals surface area contributed by atoms with Crippen molar-refractivity contribution in [3.8, 4) is 5.75 Å². The lowest BCUT2D eigenvalue weighted by Gasteiger charge is -2.17. The molecule has 3 rings (SSSR count). The van der Waals surface area contributed by atoms with Gasteiger partial charge in [0.1, 0.15) is 11.8 Å². The summed E-state index contributed by atoms with van der Waals surface area (Å²) < 4.78 is 6.00. The van der Waals surface area contributed by atoms with Gasteiger partial charge in [-0.2, -0.15) is 0 Å². The number of imide groups is 1. The molecule has 0 spiro atoms. The Kier molecular flexibility index (Phi) is 4.34. The topological polar surface area (TPSA) is 58.6 Å². The maximum Gasteiger partial charge on any atom is 0.256 e. The molecule has 2 aromatic rings. The van der Waals surface area contributed by atoms with E-state index in [1.54, 1.807) is 31.4 Å². The predicted molar refractivity (Wildman–Crippen MR) is 91.7 cm³/mol. The minimum absolute atomic E-state index is 0.122. The second-order valence-corrected chi connectivity index (χ2v) is 6.00. The molecule has 0 aromatic heterocycles. The largest absolute Gasteiger partial charge is 0.497 e. The van der Waals surface area contributed by atoms with Gasteiger partial charge in [-0.05, 0) is 40.2 Å². The molecule has 2 amide bonds. The van der Waals surface area contributed by atoms with Gasteiger partial charge in [0, 0.05) is 16.2 Å². The van der Waals surface area contributed by atoms with Gasteiger partial charge in [0.2, 0.25) is 5.91 Å². The van der Waals surface area contributed by atoms with Gasteiger partial charge in [0.05, 0.1) is 19.2 Å². The van der Waals surface area contributed by atoms with Crippen LogP contribution in [-0.4, -0.2) is 25.0 Å². The van der Waals surface area contributed by atoms with Crippen molar-refractivity contribution in [2.75, 3.05) is 17.3 Å². The van der Waals surface area contributed by atoms with E-state index < -0.39 is 6.04 Å². The number of amides is 2. The molecule has 0 radical (unpaired) electrons. The Morgan fingerprint density at radius 1 is 1.17 bits per heavy atom. The molecule has 6 heteroatoms. The zero-order chi connectivity index (χ0) is 16.4. The van der Waals surface area contributed by atoms with E-state index in [0.29, 0.717) is 11.4 Å². The molecule has 1 N–H and O–H groups in total. The predicted octanol–water partition coefficient (Wildman–Crippen LogP) is 3.20. The van der Waals surface area contributed by atoms with E-state index in [2.05, 4.69) is 21.2 Å². The van der Waals surface area contributed by atoms with Gasteiger partial charge < -0.3 is 10.1 Å². The third kappa shape index (κ3) is 3.07. The number of rotatable bonds is 4. The Balaban J connectivity index is 1.84. The van der Waals surface area contributed by atoms with Crippen LogP contribution in [0.3, 0.4) is 0 Å². The molecule has 1 aliphatic heterocycles. The molecular weight excluding hydrogens is 360 g/mol. The number of para-hydroxylation sites is 1. The van der Waals surface area contributed by atoms with Gasteiger partial charge in [-0.15, -0.1) is 0 Å². The Morgan fingerprint density at radius 3 is 2.70 bits per heavy atom. The third-order valence-corrected chi connectivity index (χ3v) is 4.35. The number of carbonyl (C=O) groups is 2. The van der Waals surface area contributed by atoms with Crippen molar-refractivity contribution >= 4 is 39.1 Å². The fraction of sp³-hybridized carbons (Fsp3) is 0.176. The van der Waals surface area contributed by atoms with Crippen molar-refractivity contribution in [3.63, 3.8) is 0 Å². The second kappa shape index (κ2) is 6.42. The van der Waals surface area contributed by atoms with E-state index in [4.69, 9.17) is 4.74 Å². The van der Waals surface area contributed by atoms with Crippen molar-refractivity contribution in [2.24, 2.45) is 0 Å². The van der Waals surface area contributed by atoms with Gasteiger partial charge in [0.15, 0.2) is 0 Å². The first kappa shape index (κ1) is 15.6. The highest BCUT2D eigenvalue weighted by atomic mass is 79.9. The number of anilines is 2. The first-order valence-corrected chi connectivity index (χ1v) is 7.91. The zero-order valence-electron chi connectivity index (χ0n) is 12.5. The SMILES string of the molecule is COc1cccc(N2C(=O)C[C@H](Nc3ccccc3Br)C2=O)c1. The normalized spacial score (nSPS) is 17.5. The lowest BCUT2D eigenvalue weighted by Crippen LogP contribution is -2.34. The minimum Gasteiger partial charge on any atom is -0.497 e. The molecular formula is C17H15BrN2O3. The first-order chi connectivity index (χ1) is 11.1. The Bertz CT molecular complexity index is 763. The van der Waals surface area contributed by atoms with Crippen molar-refractivity contribution in [3.05, 3.63) is 53.0 Å². The fourth-order valence-corrected chi connectivity index (χ4v) is 2.93. The smallest absolute Gasteiger partial charge is 0.256 e. The molecule has 118 valence electrons. The summed E-state index contributed by atoms with van der Waals surface area (Å²) in [5, 5.41) is 3.13. The van der Waals surface area contributed by atoms with Crippen LogP contribution in [0.5, 0.6) is 5.75 Å². The van der Waals surface area contributed by atoms with Gasteiger partial charge in [-0.3, -0.25) is 9.59 Å². The number of methoxy groups -OCH3 is 1. The van der Waals surface area contributed by atoms with Crippen LogP contribution in [0.15, 0.2) is 53.0 Å². The average Bonchev–Trinajstić information content (AvgIpc) is 2.83. The molecule has 1 atom stereocenters. The molecule has 1 saturated heterocycles. The zero-order valence-corrected chi connectivity index (χ0v) is 14.0. The molecule has 5 nitrogen and oxygen atoms in total. The number of carbonyl (C=O) groups excluding carboxylic acids is 2. The van der Waals surface area contributed by atoms with Crippen molar-refractivity contribution < 1.29 is 14.3 Å². The Labute approximate surface area is 142 Å². The van der Waals surface area contributed by atoms with Crippen molar-refractivity contribution in [2.45, 2.75) is 12.5 Å². The van der Waals surface area contributed by atoms with Crippen LogP contribution in [-0.2, 0) is 9.59 Å². The average molecular weight is 375 g/mol. The summed E-state index contributed by atoms with van der Waals surface area (Å²) in [6.45, 7) is 0. The number of nitrogens with one attached hydrogen (secondary N) is 1. The van der Waals surface area contributed by atoms with E-state index in [-0.39, 0.29) is 18.2 Å². The summed E-state index contributed by atoms with van der Waals surface area (Å²) in [7, 11) is 1.55. The van der Waals surface area contributed by atoms with E-state index >= 15 is 0 Å². The minimum atomic E-state index is -0.576. The highest BCUT2D eigenvalue weighted by Crippen LogP contribution is 2.29. The quantitative estimate of drug-likeness (QED) is 0.834. The Morgan fingerprint density at radius 2 is 1.96 bits per heavy atom. The molecule has 1 aliphatic rings. The van der Waals surface area contributed by atoms with Crippen molar-refractivity contribution in [1.82, 2.24) is 0 Å². The summed E-state index contributed by atoms with van der Waals surface area (Å²) >= 11 is 3.43. The van der Waals surface area contributed by atoms with Crippen LogP contribution in [0.1, 0.15) is 6.42 Å². The maximum atomic E-state index is 12.6. The monoisotopic (exact) mass is 374 g/mol. The molecule has 0 saturated carbocycles. The maximum absolute atomic E-state index is 12.6. The number of halogens is 1. The summed E-state index contributed by atoms with van der Waals surface area (Å²) in [6.07, 6.45) is 0.122. The summed E-state index contributed by atoms with van der Waals surface area (Å²) in [4.78, 5) is 26.1. The second-order valence-electron chi connectivity index (χ2n) is 5.15. The van der Waals surface area contributed by atoms with Crippen LogP contribution >= 0.6 is 15.9 Å². The highest BCUT2D eigenvalue weighted by molar-refractivity contribution is 9.10. The first-order valence-electron chi connectivity index (χ1n) is 7.12. The van der Waals surface area contributed by atoms with Gasteiger partial charge in [-0.1, -0.05) is 18.2 Å². The number of hydrogen-bond acceptors (Lipinski definition) is 4. The number of hydrogen-bond donors (Lipinski definition) is 1. The number of ether oxygens (including phenoxy) is 1. The van der Waals surface area contributed by atoms with E-state index in [0.717, 1.165) is 10.2 Å². The molecule has 23 heavy (non-hydrogen) atoms. The molecule has 0 aliphatic carbocycles. The van der Waals surface area contributed by atoms with E-state index in [1.165, 1.54) is 4.90 Å². The van der Waals surface area contributed by atoms with Crippen LogP contribution in [0.25, 0.3) is 0 Å². The van der Waals surface area contributed by atoms with E-state index in [1.807, 2.05) is 24.3 Å². The summed E-state index contributed by atoms with van der Waals surface area (Å²) in [5.74, 6) is 0.108. The Hall–Kier alpha value is -2.34. The lowest BCUT2D eigenvalue weighted by molar-refractivity contribution is -0.121. The van der Waals surface area contributed by atoms with Crippen LogP contribution in [0.2, 0.25) is 0 Å². The van der Waals surface area contributed by atoms with E-state index in [9.17, 15) is 9.59 Å². The fourth-order valence-electron chi connectivity index (χ4n) is 2.53. The molecule has 0 bridgehead atoms. The van der Waals surface area contributed by atoms with Crippen LogP contribution in [0, 0.1) is 0 Å². The third-order valence-electron chi connectivity index (χ3n) is 3.66. The summed E-state index contributed by atoms with van der Waals surface area (Å²) in [5.41, 5.74) is 1.31. The molecule has 0 unspecified atom stereocenters. The summed E-state index contributed by atoms with van der Waals surface area (Å²) in [6, 6.07) is 13.8. The lowest BCUT2D eigenvalue weighted by atomic mass is 10.2. The van der Waals surface area contributed by atoms with Crippen LogP contribution < -0.4 is 15.0 Å². The van der Waals surface area contributed by atoms with Crippen LogP contribution in [0.4, 0.5) is 11.4 Å². The number of benzene rings is 2.